The second-order valence-electron chi connectivity index (χ2n) is 11.1. The van der Waals surface area contributed by atoms with Gasteiger partial charge in [-0.2, -0.15) is 0 Å². The average Bonchev–Trinajstić information content (AvgIpc) is 3.19. The first-order valence-corrected chi connectivity index (χ1v) is 13.3. The molecule has 4 aliphatic carbocycles. The molecule has 0 aliphatic heterocycles. The molecule has 0 heterocycles. The van der Waals surface area contributed by atoms with E-state index in [4.69, 9.17) is 0 Å². The Balaban J connectivity index is 1.72. The van der Waals surface area contributed by atoms with Crippen LogP contribution in [0, 0.1) is 34.5 Å². The van der Waals surface area contributed by atoms with Crippen LogP contribution in [0.4, 0.5) is 10.1 Å². The molecule has 5 heteroatoms. The van der Waals surface area contributed by atoms with Gasteiger partial charge < -0.3 is 10.4 Å². The van der Waals surface area contributed by atoms with Crippen LogP contribution >= 0.6 is 0 Å². The maximum Gasteiger partial charge on any atom is 0.156 e. The molecule has 0 radical (unpaired) electrons. The summed E-state index contributed by atoms with van der Waals surface area (Å²) >= 11 is 0. The van der Waals surface area contributed by atoms with E-state index in [1.54, 1.807) is 6.08 Å². The van der Waals surface area contributed by atoms with Crippen LogP contribution in [0.15, 0.2) is 47.1 Å². The number of anilines is 1. The van der Waals surface area contributed by atoms with E-state index in [0.29, 0.717) is 37.7 Å². The lowest BCUT2D eigenvalue weighted by Crippen LogP contribution is -2.51. The number of nitrogens with one attached hydrogen (secondary N) is 1. The fourth-order valence-electron chi connectivity index (χ4n) is 8.07. The second-order valence-corrected chi connectivity index (χ2v) is 11.1. The molecule has 2 N–H and O–H groups in total. The summed E-state index contributed by atoms with van der Waals surface area (Å²) < 4.78 is 15.7. The normalized spacial score (nSPS) is 35.1. The zero-order valence-corrected chi connectivity index (χ0v) is 21.5. The van der Waals surface area contributed by atoms with Crippen molar-refractivity contribution in [3.05, 3.63) is 52.6 Å². The number of allylic oxidation sites excluding steroid dienone is 4. The molecule has 36 heavy (non-hydrogen) atoms. The number of aliphatic hydroxyl groups excluding tert-OH is 1. The lowest BCUT2D eigenvalue weighted by Gasteiger charge is -2.55. The fraction of sp³-hybridized carbons (Fsp3) is 0.548. The molecule has 0 aromatic heterocycles. The van der Waals surface area contributed by atoms with Crippen LogP contribution in [-0.2, 0) is 9.59 Å². The van der Waals surface area contributed by atoms with E-state index in [1.807, 2.05) is 14.0 Å². The maximum absolute atomic E-state index is 15.7. The molecular formula is C31H36FNO3. The van der Waals surface area contributed by atoms with Crippen molar-refractivity contribution < 1.29 is 19.1 Å². The number of rotatable bonds is 4. The molecule has 4 aliphatic rings. The molecule has 0 spiro atoms. The fourth-order valence-corrected chi connectivity index (χ4v) is 8.07. The first-order valence-electron chi connectivity index (χ1n) is 13.3. The summed E-state index contributed by atoms with van der Waals surface area (Å²) in [5, 5.41) is 12.7. The van der Waals surface area contributed by atoms with Gasteiger partial charge >= 0.3 is 0 Å². The van der Waals surface area contributed by atoms with Crippen molar-refractivity contribution in [1.82, 2.24) is 0 Å². The zero-order chi connectivity index (χ0) is 25.7. The quantitative estimate of drug-likeness (QED) is 0.545. The smallest absolute Gasteiger partial charge is 0.156 e. The number of Topliss-reactive ketones (excluding diaryl/α,β-unsaturated/α-hetero) is 1. The number of hydrogen-bond acceptors (Lipinski definition) is 4. The number of hydrogen-bond donors (Lipinski definition) is 2. The van der Waals surface area contributed by atoms with Gasteiger partial charge in [0, 0.05) is 31.5 Å². The highest BCUT2D eigenvalue weighted by Crippen LogP contribution is 2.70. The summed E-state index contributed by atoms with van der Waals surface area (Å²) in [6, 6.07) is 8.41. The van der Waals surface area contributed by atoms with Crippen molar-refractivity contribution in [1.29, 1.82) is 0 Å². The monoisotopic (exact) mass is 489 g/mol. The lowest BCUT2D eigenvalue weighted by molar-refractivity contribution is -0.132. The molecule has 4 nitrogen and oxygen atoms in total. The Hall–Kier alpha value is -2.71. The average molecular weight is 490 g/mol. The topological polar surface area (TPSA) is 66.4 Å². The predicted molar refractivity (Wildman–Crippen MR) is 139 cm³/mol. The summed E-state index contributed by atoms with van der Waals surface area (Å²) in [6.07, 6.45) is 4.37. The Bertz CT molecular complexity index is 1200. The first kappa shape index (κ1) is 25.0. The third kappa shape index (κ3) is 3.60. The van der Waals surface area contributed by atoms with Crippen molar-refractivity contribution in [2.45, 2.75) is 70.9 Å². The Morgan fingerprint density at radius 3 is 2.67 bits per heavy atom. The van der Waals surface area contributed by atoms with Gasteiger partial charge in [0.2, 0.25) is 0 Å². The number of halogens is 1. The van der Waals surface area contributed by atoms with E-state index in [-0.39, 0.29) is 35.9 Å². The molecule has 190 valence electrons. The molecule has 0 bridgehead atoms. The minimum absolute atomic E-state index is 0.00976. The van der Waals surface area contributed by atoms with E-state index in [9.17, 15) is 14.7 Å². The van der Waals surface area contributed by atoms with Gasteiger partial charge in [0.25, 0.3) is 0 Å². The minimum atomic E-state index is -1.16. The zero-order valence-electron chi connectivity index (χ0n) is 21.5. The molecule has 6 atom stereocenters. The Morgan fingerprint density at radius 1 is 1.25 bits per heavy atom. The summed E-state index contributed by atoms with van der Waals surface area (Å²) in [5.41, 5.74) is 3.84. The van der Waals surface area contributed by atoms with Gasteiger partial charge in [-0.05, 0) is 84.3 Å². The third-order valence-electron chi connectivity index (χ3n) is 9.73. The maximum atomic E-state index is 15.7. The number of fused-ring (bicyclic) bond motifs is 4. The highest BCUT2D eigenvalue weighted by atomic mass is 19.1. The van der Waals surface area contributed by atoms with Crippen LogP contribution in [0.2, 0.25) is 0 Å². The lowest BCUT2D eigenvalue weighted by atomic mass is 9.48. The first-order chi connectivity index (χ1) is 17.3. The number of aliphatic hydroxyl groups is 1. The molecule has 5 rings (SSSR count). The van der Waals surface area contributed by atoms with E-state index in [2.05, 4.69) is 48.3 Å². The van der Waals surface area contributed by atoms with Crippen LogP contribution in [0.25, 0.3) is 0 Å². The van der Waals surface area contributed by atoms with E-state index in [1.165, 1.54) is 5.57 Å². The number of benzene rings is 1. The molecule has 2 fully saturated rings. The predicted octanol–water partition coefficient (Wildman–Crippen LogP) is 5.54. The number of ketones is 2. The standard InChI is InChI=1S/C31H36FNO3/c1-4-28(36)31(13-5-15-34)14-12-26-24-17-27(32)23-16-21(35)10-11-22(23)29(24)25(18-30(26,31)2)19-6-8-20(33-3)9-7-19/h6-9,16,24-27,33-34H,4,10-12,14-15,17-18H2,1-3H3/t24-,25+,26-,27?,30-,31+/m0/s1. The summed E-state index contributed by atoms with van der Waals surface area (Å²) in [7, 11) is 1.89. The van der Waals surface area contributed by atoms with Crippen LogP contribution < -0.4 is 5.32 Å². The highest BCUT2D eigenvalue weighted by molar-refractivity contribution is 5.93. The van der Waals surface area contributed by atoms with E-state index < -0.39 is 17.0 Å². The van der Waals surface area contributed by atoms with Gasteiger partial charge in [0.05, 0.1) is 5.41 Å². The molecule has 2 saturated carbocycles. The van der Waals surface area contributed by atoms with Crippen LogP contribution in [0.5, 0.6) is 0 Å². The van der Waals surface area contributed by atoms with Crippen LogP contribution in [0.1, 0.15) is 70.3 Å². The number of carbonyl (C=O) groups excluding carboxylic acids is 2. The molecule has 1 aromatic rings. The van der Waals surface area contributed by atoms with Crippen molar-refractivity contribution in [3.63, 3.8) is 0 Å². The number of carbonyl (C=O) groups is 2. The summed E-state index contributed by atoms with van der Waals surface area (Å²) in [4.78, 5) is 25.8. The SMILES string of the molecule is CCC(=O)[C@@]1(C#CCO)CC[C@H]2[C@@H]3CC(F)C4=CC(=O)CCC4=C3[C@@H](c3ccc(NC)cc3)C[C@@]21C. The highest BCUT2D eigenvalue weighted by Gasteiger charge is 2.65. The molecule has 0 amide bonds. The third-order valence-corrected chi connectivity index (χ3v) is 9.73. The van der Waals surface area contributed by atoms with Gasteiger partial charge in [-0.15, -0.1) is 0 Å². The van der Waals surface area contributed by atoms with Gasteiger partial charge in [0.1, 0.15) is 12.8 Å². The minimum Gasteiger partial charge on any atom is -0.388 e. The number of alkyl halides is 1. The van der Waals surface area contributed by atoms with Gasteiger partial charge in [-0.3, -0.25) is 9.59 Å². The summed E-state index contributed by atoms with van der Waals surface area (Å²) in [6.45, 7) is 3.81. The van der Waals surface area contributed by atoms with Crippen molar-refractivity contribution in [2.75, 3.05) is 19.0 Å². The summed E-state index contributed by atoms with van der Waals surface area (Å²) in [5.74, 6) is 6.43. The molecule has 1 aromatic carbocycles. The van der Waals surface area contributed by atoms with Crippen molar-refractivity contribution >= 4 is 17.3 Å². The molecule has 1 unspecified atom stereocenters. The second kappa shape index (κ2) is 9.30. The Morgan fingerprint density at radius 2 is 2.00 bits per heavy atom. The molecular weight excluding hydrogens is 453 g/mol. The van der Waals surface area contributed by atoms with Crippen molar-refractivity contribution in [3.8, 4) is 11.8 Å². The Labute approximate surface area is 213 Å². The van der Waals surface area contributed by atoms with E-state index in [0.717, 1.165) is 29.7 Å². The van der Waals surface area contributed by atoms with Gasteiger partial charge in [0.15, 0.2) is 11.6 Å². The largest absolute Gasteiger partial charge is 0.388 e. The van der Waals surface area contributed by atoms with Crippen LogP contribution in [-0.4, -0.2) is 36.5 Å². The van der Waals surface area contributed by atoms with Gasteiger partial charge in [-0.1, -0.05) is 43.4 Å². The Kier molecular flexibility index (Phi) is 6.45. The van der Waals surface area contributed by atoms with Crippen molar-refractivity contribution in [2.24, 2.45) is 22.7 Å². The molecule has 0 saturated heterocycles. The van der Waals surface area contributed by atoms with Crippen LogP contribution in [0.3, 0.4) is 0 Å². The van der Waals surface area contributed by atoms with Gasteiger partial charge in [-0.25, -0.2) is 4.39 Å². The van der Waals surface area contributed by atoms with E-state index >= 15 is 4.39 Å².